The molecule has 0 spiro atoms. The molecule has 1 saturated heterocycles. The van der Waals surface area contributed by atoms with E-state index < -0.39 is 36.8 Å². The van der Waals surface area contributed by atoms with Crippen molar-refractivity contribution in [1.82, 2.24) is 0 Å². The van der Waals surface area contributed by atoms with Crippen LogP contribution in [0.15, 0.2) is 30.3 Å². The number of aromatic hydroxyl groups is 2. The third-order valence-corrected chi connectivity index (χ3v) is 5.61. The van der Waals surface area contributed by atoms with Gasteiger partial charge in [0, 0.05) is 12.1 Å². The second kappa shape index (κ2) is 8.47. The van der Waals surface area contributed by atoms with Crippen LogP contribution in [0.2, 0.25) is 0 Å². The molecule has 2 aromatic rings. The van der Waals surface area contributed by atoms with Gasteiger partial charge in [0.05, 0.1) is 19.6 Å². The molecular weight excluding hydrogens is 424 g/mol. The summed E-state index contributed by atoms with van der Waals surface area (Å²) in [6.07, 6.45) is -7.24. The van der Waals surface area contributed by atoms with Gasteiger partial charge < -0.3 is 44.5 Å². The summed E-state index contributed by atoms with van der Waals surface area (Å²) >= 11 is 0. The molecule has 0 saturated carbocycles. The SMILES string of the molecule is COc1ccc(C2CC(=O)c3c(O)cc(O[C@@H]4O[C@@H](C)[C@H](O)[C@@H](O)[C@H]4O)cc3O2)cc1O. The first-order valence-corrected chi connectivity index (χ1v) is 9.99. The van der Waals surface area contributed by atoms with Crippen LogP contribution in [-0.4, -0.2) is 69.1 Å². The Morgan fingerprint density at radius 2 is 1.75 bits per heavy atom. The lowest BCUT2D eigenvalue weighted by Gasteiger charge is -2.39. The molecule has 10 heteroatoms. The number of phenols is 2. The summed E-state index contributed by atoms with van der Waals surface area (Å²) in [5.74, 6) is -0.501. The van der Waals surface area contributed by atoms with E-state index in [2.05, 4.69) is 0 Å². The summed E-state index contributed by atoms with van der Waals surface area (Å²) in [5.41, 5.74) is 0.519. The number of carbonyl (C=O) groups is 1. The lowest BCUT2D eigenvalue weighted by atomic mass is 9.95. The highest BCUT2D eigenvalue weighted by molar-refractivity contribution is 6.02. The molecular formula is C22H24O10. The van der Waals surface area contributed by atoms with Crippen LogP contribution in [-0.2, 0) is 4.74 Å². The van der Waals surface area contributed by atoms with Gasteiger partial charge >= 0.3 is 0 Å². The molecule has 0 bridgehead atoms. The number of aliphatic hydroxyl groups is 3. The summed E-state index contributed by atoms with van der Waals surface area (Å²) in [4.78, 5) is 12.7. The molecule has 2 heterocycles. The molecule has 2 aliphatic rings. The molecule has 2 aliphatic heterocycles. The molecule has 1 fully saturated rings. The van der Waals surface area contributed by atoms with E-state index in [9.17, 15) is 30.3 Å². The minimum Gasteiger partial charge on any atom is -0.507 e. The van der Waals surface area contributed by atoms with Crippen LogP contribution in [0, 0.1) is 0 Å². The quantitative estimate of drug-likeness (QED) is 0.458. The summed E-state index contributed by atoms with van der Waals surface area (Å²) in [6, 6.07) is 7.18. The van der Waals surface area contributed by atoms with Crippen molar-refractivity contribution in [2.24, 2.45) is 0 Å². The summed E-state index contributed by atoms with van der Waals surface area (Å²) < 4.78 is 21.9. The maximum Gasteiger partial charge on any atom is 0.229 e. The lowest BCUT2D eigenvalue weighted by molar-refractivity contribution is -0.268. The van der Waals surface area contributed by atoms with Gasteiger partial charge in [-0.25, -0.2) is 0 Å². The fourth-order valence-corrected chi connectivity index (χ4v) is 3.82. The number of Topliss-reactive ketones (excluding diaryl/α,β-unsaturated/α-hetero) is 1. The maximum absolute atomic E-state index is 12.7. The highest BCUT2D eigenvalue weighted by atomic mass is 16.7. The van der Waals surface area contributed by atoms with Gasteiger partial charge in [0.1, 0.15) is 47.2 Å². The predicted octanol–water partition coefficient (Wildman–Crippen LogP) is 1.02. The fraction of sp³-hybridized carbons (Fsp3) is 0.409. The van der Waals surface area contributed by atoms with Crippen LogP contribution in [0.25, 0.3) is 0 Å². The normalized spacial score (nSPS) is 29.7. The van der Waals surface area contributed by atoms with Crippen molar-refractivity contribution in [3.05, 3.63) is 41.5 Å². The molecule has 2 aromatic carbocycles. The average Bonchev–Trinajstić information content (AvgIpc) is 2.75. The molecule has 0 amide bonds. The summed E-state index contributed by atoms with van der Waals surface area (Å²) in [7, 11) is 1.42. The molecule has 4 rings (SSSR count). The van der Waals surface area contributed by atoms with Crippen molar-refractivity contribution in [2.45, 2.75) is 50.2 Å². The number of benzene rings is 2. The second-order valence-corrected chi connectivity index (χ2v) is 7.78. The number of rotatable bonds is 4. The van der Waals surface area contributed by atoms with Crippen molar-refractivity contribution in [3.8, 4) is 28.7 Å². The Balaban J connectivity index is 1.60. The Hall–Kier alpha value is -3.05. The van der Waals surface area contributed by atoms with E-state index in [0.29, 0.717) is 5.56 Å². The highest BCUT2D eigenvalue weighted by Gasteiger charge is 2.43. The Morgan fingerprint density at radius 3 is 2.44 bits per heavy atom. The Labute approximate surface area is 183 Å². The molecule has 172 valence electrons. The number of aliphatic hydroxyl groups excluding tert-OH is 3. The van der Waals surface area contributed by atoms with Crippen molar-refractivity contribution in [1.29, 1.82) is 0 Å². The van der Waals surface area contributed by atoms with Crippen LogP contribution in [0.5, 0.6) is 28.7 Å². The van der Waals surface area contributed by atoms with Crippen molar-refractivity contribution in [3.63, 3.8) is 0 Å². The van der Waals surface area contributed by atoms with Gasteiger partial charge in [-0.2, -0.15) is 0 Å². The number of ketones is 1. The summed E-state index contributed by atoms with van der Waals surface area (Å²) in [5, 5.41) is 50.3. The highest BCUT2D eigenvalue weighted by Crippen LogP contribution is 2.43. The first-order chi connectivity index (χ1) is 15.2. The standard InChI is InChI=1S/C22H24O10/c1-9-19(26)20(27)21(28)22(30-9)31-11-6-13(24)18-14(25)8-16(32-17(18)7-11)10-3-4-15(29-2)12(23)5-10/h3-7,9,16,19-24,26-28H,8H2,1-2H3/t9-,16?,19-,20+,21+,22-/m0/s1. The van der Waals surface area contributed by atoms with Gasteiger partial charge in [-0.15, -0.1) is 0 Å². The molecule has 5 N–H and O–H groups in total. The maximum atomic E-state index is 12.7. The van der Waals surface area contributed by atoms with Gasteiger partial charge in [0.15, 0.2) is 17.3 Å². The molecule has 0 radical (unpaired) electrons. The van der Waals surface area contributed by atoms with E-state index in [1.807, 2.05) is 0 Å². The molecule has 6 atom stereocenters. The molecule has 0 aromatic heterocycles. The van der Waals surface area contributed by atoms with Crippen molar-refractivity contribution in [2.75, 3.05) is 7.11 Å². The predicted molar refractivity (Wildman–Crippen MR) is 108 cm³/mol. The third-order valence-electron chi connectivity index (χ3n) is 5.61. The minimum atomic E-state index is -1.54. The van der Waals surface area contributed by atoms with Gasteiger partial charge in [0.25, 0.3) is 0 Å². The number of carbonyl (C=O) groups excluding carboxylic acids is 1. The van der Waals surface area contributed by atoms with E-state index in [1.54, 1.807) is 12.1 Å². The summed E-state index contributed by atoms with van der Waals surface area (Å²) in [6.45, 7) is 1.51. The van der Waals surface area contributed by atoms with E-state index in [-0.39, 0.29) is 46.5 Å². The Bertz CT molecular complexity index is 1020. The minimum absolute atomic E-state index is 0.0136. The van der Waals surface area contributed by atoms with Gasteiger partial charge in [-0.05, 0) is 24.6 Å². The third kappa shape index (κ3) is 3.93. The molecule has 10 nitrogen and oxygen atoms in total. The number of hydrogen-bond acceptors (Lipinski definition) is 10. The zero-order valence-electron chi connectivity index (χ0n) is 17.3. The Kier molecular flexibility index (Phi) is 5.87. The van der Waals surface area contributed by atoms with Crippen LogP contribution >= 0.6 is 0 Å². The molecule has 1 unspecified atom stereocenters. The Morgan fingerprint density at radius 1 is 1.00 bits per heavy atom. The smallest absolute Gasteiger partial charge is 0.229 e. The van der Waals surface area contributed by atoms with Crippen LogP contribution in [0.1, 0.15) is 35.4 Å². The van der Waals surface area contributed by atoms with E-state index in [4.69, 9.17) is 18.9 Å². The number of ether oxygens (including phenoxy) is 4. The van der Waals surface area contributed by atoms with E-state index >= 15 is 0 Å². The van der Waals surface area contributed by atoms with Crippen LogP contribution < -0.4 is 14.2 Å². The number of phenolic OH excluding ortho intramolecular Hbond substituents is 2. The zero-order chi connectivity index (χ0) is 23.2. The van der Waals surface area contributed by atoms with Gasteiger partial charge in [0.2, 0.25) is 6.29 Å². The van der Waals surface area contributed by atoms with E-state index in [1.165, 1.54) is 32.2 Å². The molecule has 0 aliphatic carbocycles. The topological polar surface area (TPSA) is 155 Å². The van der Waals surface area contributed by atoms with Gasteiger partial charge in [-0.1, -0.05) is 6.07 Å². The largest absolute Gasteiger partial charge is 0.507 e. The van der Waals surface area contributed by atoms with E-state index in [0.717, 1.165) is 0 Å². The fourth-order valence-electron chi connectivity index (χ4n) is 3.82. The van der Waals surface area contributed by atoms with Crippen LogP contribution in [0.3, 0.4) is 0 Å². The monoisotopic (exact) mass is 448 g/mol. The van der Waals surface area contributed by atoms with Crippen LogP contribution in [0.4, 0.5) is 0 Å². The first-order valence-electron chi connectivity index (χ1n) is 9.99. The average molecular weight is 448 g/mol. The first kappa shape index (κ1) is 22.2. The zero-order valence-corrected chi connectivity index (χ0v) is 17.3. The molecule has 32 heavy (non-hydrogen) atoms. The number of hydrogen-bond donors (Lipinski definition) is 5. The van der Waals surface area contributed by atoms with Gasteiger partial charge in [-0.3, -0.25) is 4.79 Å². The number of fused-ring (bicyclic) bond motifs is 1. The van der Waals surface area contributed by atoms with Crippen molar-refractivity contribution < 1.29 is 49.3 Å². The lowest BCUT2D eigenvalue weighted by Crippen LogP contribution is -2.58. The van der Waals surface area contributed by atoms with Crippen molar-refractivity contribution >= 4 is 5.78 Å². The second-order valence-electron chi connectivity index (χ2n) is 7.78. The number of methoxy groups -OCH3 is 1.